The zero-order chi connectivity index (χ0) is 19.5. The zero-order valence-corrected chi connectivity index (χ0v) is 19.9. The first-order valence-electron chi connectivity index (χ1n) is 9.52. The summed E-state index contributed by atoms with van der Waals surface area (Å²) < 4.78 is 5.07. The Morgan fingerprint density at radius 3 is 2.37 bits per heavy atom. The SMILES string of the molecule is CCNC(=NCc1ccc(OC)c(O)c1)NCCCN(C(C)C)C(C)C.I. The predicted molar refractivity (Wildman–Crippen MR) is 124 cm³/mol. The summed E-state index contributed by atoms with van der Waals surface area (Å²) in [6, 6.07) is 6.47. The van der Waals surface area contributed by atoms with Gasteiger partial charge in [0.25, 0.3) is 0 Å². The molecule has 0 saturated heterocycles. The molecule has 0 fully saturated rings. The van der Waals surface area contributed by atoms with Crippen LogP contribution in [0.4, 0.5) is 0 Å². The molecule has 7 heteroatoms. The highest BCUT2D eigenvalue weighted by Gasteiger charge is 2.12. The number of methoxy groups -OCH3 is 1. The molecule has 0 saturated carbocycles. The van der Waals surface area contributed by atoms with E-state index in [9.17, 15) is 5.11 Å². The number of phenolic OH excluding ortho intramolecular Hbond substituents is 1. The number of rotatable bonds is 10. The molecule has 0 bridgehead atoms. The topological polar surface area (TPSA) is 69.1 Å². The van der Waals surface area contributed by atoms with Crippen LogP contribution in [0.2, 0.25) is 0 Å². The molecule has 0 amide bonds. The van der Waals surface area contributed by atoms with Crippen LogP contribution in [0.25, 0.3) is 0 Å². The van der Waals surface area contributed by atoms with Gasteiger partial charge in [-0.15, -0.1) is 24.0 Å². The Bertz CT molecular complexity index is 557. The van der Waals surface area contributed by atoms with Gasteiger partial charge in [-0.1, -0.05) is 6.07 Å². The molecule has 0 spiro atoms. The Labute approximate surface area is 181 Å². The van der Waals surface area contributed by atoms with Crippen molar-refractivity contribution in [2.75, 3.05) is 26.7 Å². The Kier molecular flexibility index (Phi) is 13.2. The van der Waals surface area contributed by atoms with E-state index in [0.29, 0.717) is 24.4 Å². The third-order valence-corrected chi connectivity index (χ3v) is 4.22. The molecule has 0 aliphatic heterocycles. The van der Waals surface area contributed by atoms with Gasteiger partial charge in [-0.25, -0.2) is 4.99 Å². The molecule has 27 heavy (non-hydrogen) atoms. The van der Waals surface area contributed by atoms with Crippen molar-refractivity contribution in [2.24, 2.45) is 4.99 Å². The second kappa shape index (κ2) is 13.9. The Hall–Kier alpha value is -1.22. The number of aliphatic imine (C=N–C) groups is 1. The minimum absolute atomic E-state index is 0. The summed E-state index contributed by atoms with van der Waals surface area (Å²) in [6.45, 7) is 14.2. The molecular weight excluding hydrogens is 455 g/mol. The highest BCUT2D eigenvalue weighted by molar-refractivity contribution is 14.0. The van der Waals surface area contributed by atoms with E-state index in [2.05, 4.69) is 55.1 Å². The quantitative estimate of drug-likeness (QED) is 0.202. The van der Waals surface area contributed by atoms with Gasteiger partial charge in [0, 0.05) is 31.7 Å². The van der Waals surface area contributed by atoms with Gasteiger partial charge in [0.2, 0.25) is 0 Å². The lowest BCUT2D eigenvalue weighted by Crippen LogP contribution is -2.41. The van der Waals surface area contributed by atoms with E-state index >= 15 is 0 Å². The second-order valence-electron chi connectivity index (χ2n) is 6.91. The number of hydrogen-bond acceptors (Lipinski definition) is 4. The lowest BCUT2D eigenvalue weighted by molar-refractivity contribution is 0.173. The molecule has 0 radical (unpaired) electrons. The van der Waals surface area contributed by atoms with Gasteiger partial charge in [-0.3, -0.25) is 4.90 Å². The monoisotopic (exact) mass is 492 g/mol. The summed E-state index contributed by atoms with van der Waals surface area (Å²) in [5.74, 6) is 1.41. The molecule has 6 nitrogen and oxygen atoms in total. The molecule has 1 aromatic rings. The fourth-order valence-electron chi connectivity index (χ4n) is 2.93. The molecule has 0 heterocycles. The smallest absolute Gasteiger partial charge is 0.191 e. The first-order valence-corrected chi connectivity index (χ1v) is 9.52. The van der Waals surface area contributed by atoms with E-state index in [0.717, 1.165) is 37.6 Å². The van der Waals surface area contributed by atoms with Gasteiger partial charge < -0.3 is 20.5 Å². The van der Waals surface area contributed by atoms with E-state index in [1.165, 1.54) is 0 Å². The van der Waals surface area contributed by atoms with Crippen molar-refractivity contribution in [3.8, 4) is 11.5 Å². The number of benzene rings is 1. The summed E-state index contributed by atoms with van der Waals surface area (Å²) in [4.78, 5) is 7.09. The largest absolute Gasteiger partial charge is 0.504 e. The number of phenols is 1. The van der Waals surface area contributed by atoms with Crippen LogP contribution in [0.1, 0.15) is 46.6 Å². The maximum atomic E-state index is 9.87. The fourth-order valence-corrected chi connectivity index (χ4v) is 2.93. The van der Waals surface area contributed by atoms with E-state index < -0.39 is 0 Å². The van der Waals surface area contributed by atoms with Gasteiger partial charge in [0.1, 0.15) is 0 Å². The van der Waals surface area contributed by atoms with Gasteiger partial charge >= 0.3 is 0 Å². The molecule has 0 unspecified atom stereocenters. The summed E-state index contributed by atoms with van der Waals surface area (Å²) >= 11 is 0. The second-order valence-corrected chi connectivity index (χ2v) is 6.91. The first-order chi connectivity index (χ1) is 12.4. The zero-order valence-electron chi connectivity index (χ0n) is 17.6. The Morgan fingerprint density at radius 1 is 1.19 bits per heavy atom. The van der Waals surface area contributed by atoms with Crippen molar-refractivity contribution in [3.05, 3.63) is 23.8 Å². The normalized spacial score (nSPS) is 11.7. The third-order valence-electron chi connectivity index (χ3n) is 4.22. The summed E-state index contributed by atoms with van der Waals surface area (Å²) in [5.41, 5.74) is 0.936. The molecule has 0 aliphatic rings. The lowest BCUT2D eigenvalue weighted by atomic mass is 10.2. The summed E-state index contributed by atoms with van der Waals surface area (Å²) in [6.07, 6.45) is 1.06. The van der Waals surface area contributed by atoms with Crippen LogP contribution in [0.3, 0.4) is 0 Å². The molecule has 0 aromatic heterocycles. The maximum absolute atomic E-state index is 9.87. The highest BCUT2D eigenvalue weighted by Crippen LogP contribution is 2.26. The van der Waals surface area contributed by atoms with Crippen molar-refractivity contribution in [2.45, 2.75) is 59.7 Å². The van der Waals surface area contributed by atoms with E-state index in [1.54, 1.807) is 19.2 Å². The van der Waals surface area contributed by atoms with Gasteiger partial charge in [-0.2, -0.15) is 0 Å². The number of hydrogen-bond donors (Lipinski definition) is 3. The van der Waals surface area contributed by atoms with Crippen LogP contribution in [0, 0.1) is 0 Å². The van der Waals surface area contributed by atoms with E-state index in [-0.39, 0.29) is 29.7 Å². The Balaban J connectivity index is 0.00000676. The van der Waals surface area contributed by atoms with Gasteiger partial charge in [0.05, 0.1) is 13.7 Å². The average Bonchev–Trinajstić information content (AvgIpc) is 2.58. The Morgan fingerprint density at radius 2 is 1.85 bits per heavy atom. The summed E-state index contributed by atoms with van der Waals surface area (Å²) in [5, 5.41) is 16.5. The molecular formula is C20H37IN4O2. The van der Waals surface area contributed by atoms with Crippen LogP contribution in [0.15, 0.2) is 23.2 Å². The molecule has 1 aromatic carbocycles. The van der Waals surface area contributed by atoms with Gasteiger partial charge in [-0.05, 0) is 58.7 Å². The number of guanidine groups is 1. The van der Waals surface area contributed by atoms with Crippen LogP contribution >= 0.6 is 24.0 Å². The van der Waals surface area contributed by atoms with Crippen molar-refractivity contribution < 1.29 is 9.84 Å². The number of halogens is 1. The molecule has 0 atom stereocenters. The van der Waals surface area contributed by atoms with Gasteiger partial charge in [0.15, 0.2) is 17.5 Å². The number of nitrogens with one attached hydrogen (secondary N) is 2. The lowest BCUT2D eigenvalue weighted by Gasteiger charge is -2.30. The van der Waals surface area contributed by atoms with E-state index in [4.69, 9.17) is 4.74 Å². The number of nitrogens with zero attached hydrogens (tertiary/aromatic N) is 2. The van der Waals surface area contributed by atoms with Crippen LogP contribution < -0.4 is 15.4 Å². The number of ether oxygens (including phenoxy) is 1. The maximum Gasteiger partial charge on any atom is 0.191 e. The van der Waals surface area contributed by atoms with Crippen molar-refractivity contribution >= 4 is 29.9 Å². The minimum Gasteiger partial charge on any atom is -0.504 e. The minimum atomic E-state index is 0. The van der Waals surface area contributed by atoms with Crippen LogP contribution in [-0.4, -0.2) is 54.8 Å². The molecule has 1 rings (SSSR count). The molecule has 156 valence electrons. The highest BCUT2D eigenvalue weighted by atomic mass is 127. The molecule has 3 N–H and O–H groups in total. The first kappa shape index (κ1) is 25.8. The summed E-state index contributed by atoms with van der Waals surface area (Å²) in [7, 11) is 1.54. The predicted octanol–water partition coefficient (Wildman–Crippen LogP) is 3.58. The van der Waals surface area contributed by atoms with Crippen molar-refractivity contribution in [1.29, 1.82) is 0 Å². The van der Waals surface area contributed by atoms with Crippen molar-refractivity contribution in [3.63, 3.8) is 0 Å². The van der Waals surface area contributed by atoms with Crippen LogP contribution in [-0.2, 0) is 6.54 Å². The van der Waals surface area contributed by atoms with E-state index in [1.807, 2.05) is 6.07 Å². The average molecular weight is 492 g/mol. The number of aromatic hydroxyl groups is 1. The fraction of sp³-hybridized carbons (Fsp3) is 0.650. The molecule has 0 aliphatic carbocycles. The third kappa shape index (κ3) is 9.51. The standard InChI is InChI=1S/C20H36N4O2.HI/c1-7-21-20(22-11-8-12-24(15(2)3)16(4)5)23-14-17-9-10-19(26-6)18(25)13-17;/h9-10,13,15-16,25H,7-8,11-12,14H2,1-6H3,(H2,21,22,23);1H. The van der Waals surface area contributed by atoms with Crippen LogP contribution in [0.5, 0.6) is 11.5 Å². The van der Waals surface area contributed by atoms with Crippen molar-refractivity contribution in [1.82, 2.24) is 15.5 Å².